The Kier molecular flexibility index (Phi) is 6.55. The number of benzene rings is 1. The minimum atomic E-state index is 0.0532. The molecule has 2 rings (SSSR count). The summed E-state index contributed by atoms with van der Waals surface area (Å²) >= 11 is 11.4. The van der Waals surface area contributed by atoms with E-state index in [9.17, 15) is 0 Å². The molecule has 1 heterocycles. The van der Waals surface area contributed by atoms with Crippen molar-refractivity contribution in [1.82, 2.24) is 5.32 Å². The van der Waals surface area contributed by atoms with Crippen LogP contribution in [-0.4, -0.2) is 18.7 Å². The second-order valence-electron chi connectivity index (χ2n) is 4.84. The van der Waals surface area contributed by atoms with Crippen LogP contribution in [0.15, 0.2) is 40.2 Å². The molecular formula is C16H19BrClNOS. The molecule has 0 aliphatic carbocycles. The molecule has 0 saturated carbocycles. The zero-order valence-electron chi connectivity index (χ0n) is 12.1. The molecule has 21 heavy (non-hydrogen) atoms. The number of halogens is 2. The lowest BCUT2D eigenvalue weighted by Crippen LogP contribution is -2.42. The van der Waals surface area contributed by atoms with Crippen molar-refractivity contribution in [1.29, 1.82) is 0 Å². The van der Waals surface area contributed by atoms with E-state index in [1.807, 2.05) is 24.3 Å². The largest absolute Gasteiger partial charge is 0.489 e. The van der Waals surface area contributed by atoms with Crippen molar-refractivity contribution in [3.05, 3.63) is 50.1 Å². The normalized spacial score (nSPS) is 13.9. The Morgan fingerprint density at radius 3 is 2.81 bits per heavy atom. The van der Waals surface area contributed by atoms with Crippen molar-refractivity contribution in [2.45, 2.75) is 32.4 Å². The van der Waals surface area contributed by atoms with Gasteiger partial charge >= 0.3 is 0 Å². The van der Waals surface area contributed by atoms with Crippen LogP contribution in [0.25, 0.3) is 0 Å². The fraction of sp³-hybridized carbons (Fsp3) is 0.375. The Labute approximate surface area is 143 Å². The van der Waals surface area contributed by atoms with Crippen LogP contribution < -0.4 is 10.1 Å². The first-order valence-corrected chi connectivity index (χ1v) is 9.02. The number of thiophene rings is 1. The average molecular weight is 389 g/mol. The van der Waals surface area contributed by atoms with Crippen LogP contribution in [0.2, 0.25) is 5.02 Å². The van der Waals surface area contributed by atoms with Crippen LogP contribution >= 0.6 is 38.9 Å². The molecule has 2 nitrogen and oxygen atoms in total. The summed E-state index contributed by atoms with van der Waals surface area (Å²) in [4.78, 5) is 1.34. The molecule has 0 radical (unpaired) electrons. The van der Waals surface area contributed by atoms with E-state index < -0.39 is 0 Å². The van der Waals surface area contributed by atoms with Crippen LogP contribution in [0.4, 0.5) is 0 Å². The monoisotopic (exact) mass is 387 g/mol. The molecule has 0 saturated heterocycles. The molecule has 0 spiro atoms. The summed E-state index contributed by atoms with van der Waals surface area (Å²) in [6.07, 6.45) is 0.991. The van der Waals surface area contributed by atoms with Crippen molar-refractivity contribution in [3.63, 3.8) is 0 Å². The minimum Gasteiger partial charge on any atom is -0.489 e. The van der Waals surface area contributed by atoms with Crippen LogP contribution in [-0.2, 0) is 6.42 Å². The predicted molar refractivity (Wildman–Crippen MR) is 94.7 cm³/mol. The van der Waals surface area contributed by atoms with Crippen LogP contribution in [0, 0.1) is 0 Å². The van der Waals surface area contributed by atoms with Gasteiger partial charge in [-0.15, -0.1) is 11.3 Å². The van der Waals surface area contributed by atoms with Crippen LogP contribution in [0.5, 0.6) is 5.75 Å². The van der Waals surface area contributed by atoms with Crippen molar-refractivity contribution in [2.75, 3.05) is 6.54 Å². The van der Waals surface area contributed by atoms with E-state index in [1.165, 1.54) is 9.35 Å². The number of ether oxygens (including phenoxy) is 1. The fourth-order valence-corrected chi connectivity index (χ4v) is 3.93. The van der Waals surface area contributed by atoms with E-state index in [0.717, 1.165) is 18.7 Å². The summed E-state index contributed by atoms with van der Waals surface area (Å²) in [7, 11) is 0. The molecule has 0 fully saturated rings. The third-order valence-electron chi connectivity index (χ3n) is 3.25. The van der Waals surface area contributed by atoms with Gasteiger partial charge in [-0.05, 0) is 59.0 Å². The summed E-state index contributed by atoms with van der Waals surface area (Å²) < 4.78 is 7.21. The number of nitrogens with one attached hydrogen (secondary N) is 1. The van der Waals surface area contributed by atoms with E-state index >= 15 is 0 Å². The molecule has 2 unspecified atom stereocenters. The SMILES string of the molecule is CCNC(Cc1sccc1Br)C(C)Oc1cccc(Cl)c1. The number of hydrogen-bond donors (Lipinski definition) is 1. The highest BCUT2D eigenvalue weighted by Crippen LogP contribution is 2.26. The Balaban J connectivity index is 2.04. The molecule has 0 amide bonds. The van der Waals surface area contributed by atoms with Crippen LogP contribution in [0.1, 0.15) is 18.7 Å². The van der Waals surface area contributed by atoms with E-state index in [4.69, 9.17) is 16.3 Å². The maximum atomic E-state index is 6.04. The maximum absolute atomic E-state index is 6.04. The third kappa shape index (κ3) is 4.99. The second kappa shape index (κ2) is 8.18. The summed E-state index contributed by atoms with van der Waals surface area (Å²) in [5.41, 5.74) is 0. The van der Waals surface area contributed by atoms with Gasteiger partial charge in [-0.3, -0.25) is 0 Å². The molecule has 0 bridgehead atoms. The van der Waals surface area contributed by atoms with Gasteiger partial charge in [0, 0.05) is 26.8 Å². The van der Waals surface area contributed by atoms with E-state index in [-0.39, 0.29) is 12.1 Å². The summed E-state index contributed by atoms with van der Waals surface area (Å²) in [5, 5.41) is 6.31. The van der Waals surface area contributed by atoms with Gasteiger partial charge in [0.1, 0.15) is 11.9 Å². The third-order valence-corrected chi connectivity index (χ3v) is 5.43. The van der Waals surface area contributed by atoms with Gasteiger partial charge in [-0.1, -0.05) is 24.6 Å². The lowest BCUT2D eigenvalue weighted by Gasteiger charge is -2.25. The van der Waals surface area contributed by atoms with Gasteiger partial charge in [-0.25, -0.2) is 0 Å². The average Bonchev–Trinajstić information content (AvgIpc) is 2.84. The minimum absolute atomic E-state index is 0.0532. The lowest BCUT2D eigenvalue weighted by atomic mass is 10.1. The lowest BCUT2D eigenvalue weighted by molar-refractivity contribution is 0.170. The number of rotatable bonds is 7. The Hall–Kier alpha value is -0.550. The van der Waals surface area contributed by atoms with Crippen LogP contribution in [0.3, 0.4) is 0 Å². The number of hydrogen-bond acceptors (Lipinski definition) is 3. The zero-order valence-corrected chi connectivity index (χ0v) is 15.3. The summed E-state index contributed by atoms with van der Waals surface area (Å²) in [5.74, 6) is 0.808. The second-order valence-corrected chi connectivity index (χ2v) is 7.13. The van der Waals surface area contributed by atoms with E-state index in [1.54, 1.807) is 11.3 Å². The molecule has 2 aromatic rings. The smallest absolute Gasteiger partial charge is 0.121 e. The topological polar surface area (TPSA) is 21.3 Å². The Morgan fingerprint density at radius 1 is 1.38 bits per heavy atom. The summed E-state index contributed by atoms with van der Waals surface area (Å²) in [6, 6.07) is 9.88. The first-order chi connectivity index (χ1) is 10.1. The Bertz CT molecular complexity index is 575. The molecule has 5 heteroatoms. The van der Waals surface area contributed by atoms with Gasteiger partial charge in [0.15, 0.2) is 0 Å². The highest BCUT2D eigenvalue weighted by Gasteiger charge is 2.20. The van der Waals surface area contributed by atoms with Crippen molar-refractivity contribution < 1.29 is 4.74 Å². The molecule has 114 valence electrons. The highest BCUT2D eigenvalue weighted by atomic mass is 79.9. The fourth-order valence-electron chi connectivity index (χ4n) is 2.17. The first-order valence-electron chi connectivity index (χ1n) is 6.97. The van der Waals surface area contributed by atoms with Crippen molar-refractivity contribution in [2.24, 2.45) is 0 Å². The molecule has 1 aromatic carbocycles. The number of likely N-dealkylation sites (N-methyl/N-ethyl adjacent to an activating group) is 1. The molecule has 2 atom stereocenters. The molecule has 0 aliphatic rings. The molecular weight excluding hydrogens is 370 g/mol. The predicted octanol–water partition coefficient (Wildman–Crippen LogP) is 5.15. The molecule has 0 aliphatic heterocycles. The van der Waals surface area contributed by atoms with Gasteiger partial charge in [0.05, 0.1) is 0 Å². The highest BCUT2D eigenvalue weighted by molar-refractivity contribution is 9.10. The zero-order chi connectivity index (χ0) is 15.2. The van der Waals surface area contributed by atoms with Gasteiger partial charge in [0.2, 0.25) is 0 Å². The van der Waals surface area contributed by atoms with Crippen molar-refractivity contribution >= 4 is 38.9 Å². The molecule has 1 N–H and O–H groups in total. The Morgan fingerprint density at radius 2 is 2.19 bits per heavy atom. The van der Waals surface area contributed by atoms with E-state index in [0.29, 0.717) is 5.02 Å². The van der Waals surface area contributed by atoms with Gasteiger partial charge in [-0.2, -0.15) is 0 Å². The quantitative estimate of drug-likeness (QED) is 0.708. The first kappa shape index (κ1) is 16.8. The van der Waals surface area contributed by atoms with Gasteiger partial charge in [0.25, 0.3) is 0 Å². The maximum Gasteiger partial charge on any atom is 0.121 e. The van der Waals surface area contributed by atoms with Crippen molar-refractivity contribution in [3.8, 4) is 5.75 Å². The standard InChI is InChI=1S/C16H19BrClNOS/c1-3-19-15(10-16-14(17)7-8-21-16)11(2)20-13-6-4-5-12(18)9-13/h4-9,11,15,19H,3,10H2,1-2H3. The van der Waals surface area contributed by atoms with E-state index in [2.05, 4.69) is 46.5 Å². The summed E-state index contributed by atoms with van der Waals surface area (Å²) in [6.45, 7) is 5.12. The van der Waals surface area contributed by atoms with Gasteiger partial charge < -0.3 is 10.1 Å². The molecule has 1 aromatic heterocycles.